The highest BCUT2D eigenvalue weighted by Gasteiger charge is 2.58. The topological polar surface area (TPSA) is 178 Å². The predicted molar refractivity (Wildman–Crippen MR) is 217 cm³/mol. The van der Waals surface area contributed by atoms with Crippen molar-refractivity contribution in [3.8, 4) is 0 Å². The second-order valence-corrected chi connectivity index (χ2v) is 17.9. The maximum absolute atomic E-state index is 14.6. The maximum Gasteiger partial charge on any atom is 0.332 e. The van der Waals surface area contributed by atoms with Crippen molar-refractivity contribution in [2.45, 2.75) is 166 Å². The van der Waals surface area contributed by atoms with E-state index in [0.29, 0.717) is 56.9 Å². The van der Waals surface area contributed by atoms with Crippen molar-refractivity contribution >= 4 is 23.4 Å². The monoisotopic (exact) mass is 817 g/mol. The number of aliphatic hydroxyl groups excluding tert-OH is 2. The molecule has 1 amide bonds. The van der Waals surface area contributed by atoms with Crippen molar-refractivity contribution in [2.24, 2.45) is 29.6 Å². The number of hydrogen-bond donors (Lipinski definition) is 3. The van der Waals surface area contributed by atoms with Crippen LogP contribution in [0.3, 0.4) is 0 Å². The maximum atomic E-state index is 14.6. The number of carbonyl (C=O) groups is 4. The number of cyclic esters (lactones) is 1. The summed E-state index contributed by atoms with van der Waals surface area (Å²) in [5, 5.41) is 34.3. The van der Waals surface area contributed by atoms with Crippen LogP contribution >= 0.6 is 0 Å². The summed E-state index contributed by atoms with van der Waals surface area (Å²) < 4.78 is 29.9. The van der Waals surface area contributed by atoms with E-state index in [-0.39, 0.29) is 49.5 Å². The highest BCUT2D eigenvalue weighted by atomic mass is 16.7. The number of ketones is 2. The number of methoxy groups -OCH3 is 3. The van der Waals surface area contributed by atoms with E-state index in [1.54, 1.807) is 34.0 Å². The molecule has 13 heteroatoms. The van der Waals surface area contributed by atoms with Gasteiger partial charge in [-0.1, -0.05) is 44.6 Å². The summed E-state index contributed by atoms with van der Waals surface area (Å²) in [6.45, 7) is 14.7. The molecule has 0 unspecified atom stereocenters. The second-order valence-electron chi connectivity index (χ2n) is 17.9. The Morgan fingerprint density at radius 2 is 1.60 bits per heavy atom. The van der Waals surface area contributed by atoms with E-state index in [1.807, 2.05) is 32.9 Å². The van der Waals surface area contributed by atoms with Crippen LogP contribution in [0.5, 0.6) is 0 Å². The number of Topliss-reactive ketones (excluding diaryl/α,β-unsaturated/α-hetero) is 2. The fourth-order valence-electron chi connectivity index (χ4n) is 9.69. The molecule has 1 saturated carbocycles. The van der Waals surface area contributed by atoms with Crippen molar-refractivity contribution in [1.29, 1.82) is 0 Å². The zero-order valence-electron chi connectivity index (χ0n) is 36.3. The van der Waals surface area contributed by atoms with Crippen LogP contribution in [0.15, 0.2) is 36.0 Å². The van der Waals surface area contributed by atoms with Crippen LogP contribution in [0, 0.1) is 29.6 Å². The van der Waals surface area contributed by atoms with Crippen LogP contribution in [0.2, 0.25) is 0 Å². The van der Waals surface area contributed by atoms with Crippen LogP contribution in [0.4, 0.5) is 0 Å². The molecule has 3 fully saturated rings. The minimum absolute atomic E-state index is 0.00521. The Kier molecular flexibility index (Phi) is 17.1. The molecule has 1 aliphatic carbocycles. The molecule has 3 heterocycles. The molecule has 58 heavy (non-hydrogen) atoms. The van der Waals surface area contributed by atoms with Gasteiger partial charge in [-0.15, -0.1) is 6.58 Å². The van der Waals surface area contributed by atoms with E-state index in [0.717, 1.165) is 5.57 Å². The first-order valence-electron chi connectivity index (χ1n) is 21.3. The number of amides is 1. The number of ether oxygens (including phenoxy) is 5. The molecule has 0 spiro atoms. The molecule has 0 aromatic carbocycles. The molecule has 328 valence electrons. The number of allylic oxidation sites excluding steroid dienone is 4. The van der Waals surface area contributed by atoms with Gasteiger partial charge in [0.05, 0.1) is 30.5 Å². The van der Waals surface area contributed by atoms with Crippen molar-refractivity contribution in [3.63, 3.8) is 0 Å². The summed E-state index contributed by atoms with van der Waals surface area (Å²) in [6, 6.07) is 0. The standard InChI is InChI=1S/C45H71NO12/c1-11-14-32-20-26(2)19-27(3)21-37(55-9)40-38(56-10)23-29(5)45(53,58-40)41(50)42(51)46-18-13-12-17-44(46,7)43(52)57-39(30(6)34(48)25-35(32)49)28(4)22-31-15-16-33(47)36(24-31)54-8/h11,20,22,27,29-34,36-40,47-48,53H,1,12-19,21,23-25H2,2-10H3/b26-20+,28-22+/t27-,29+,30+,31-,32+,33+,34-,36+,37-,38-,39+,40+,44-,45+/m0/s1. The van der Waals surface area contributed by atoms with Crippen LogP contribution in [-0.2, 0) is 42.9 Å². The molecule has 13 nitrogen and oxygen atoms in total. The van der Waals surface area contributed by atoms with Gasteiger partial charge in [-0.25, -0.2) is 4.79 Å². The van der Waals surface area contributed by atoms with Crippen LogP contribution in [-0.4, -0.2) is 126 Å². The van der Waals surface area contributed by atoms with Gasteiger partial charge < -0.3 is 43.9 Å². The lowest BCUT2D eigenvalue weighted by molar-refractivity contribution is -0.302. The number of carbonyl (C=O) groups excluding carboxylic acids is 4. The highest BCUT2D eigenvalue weighted by molar-refractivity contribution is 6.39. The zero-order valence-corrected chi connectivity index (χ0v) is 36.3. The van der Waals surface area contributed by atoms with E-state index in [4.69, 9.17) is 23.7 Å². The molecular weight excluding hydrogens is 746 g/mol. The lowest BCUT2D eigenvalue weighted by Crippen LogP contribution is -2.66. The lowest BCUT2D eigenvalue weighted by Gasteiger charge is -2.48. The van der Waals surface area contributed by atoms with Gasteiger partial charge in [-0.05, 0) is 102 Å². The Labute approximate surface area is 345 Å². The summed E-state index contributed by atoms with van der Waals surface area (Å²) in [7, 11) is 4.61. The summed E-state index contributed by atoms with van der Waals surface area (Å²) in [4.78, 5) is 58.6. The molecule has 3 N–H and O–H groups in total. The first-order chi connectivity index (χ1) is 27.3. The third-order valence-electron chi connectivity index (χ3n) is 13.4. The molecule has 3 aliphatic heterocycles. The molecule has 0 radical (unpaired) electrons. The third kappa shape index (κ3) is 10.7. The molecule has 4 rings (SSSR count). The van der Waals surface area contributed by atoms with E-state index in [9.17, 15) is 34.5 Å². The average Bonchev–Trinajstić information content (AvgIpc) is 3.19. The largest absolute Gasteiger partial charge is 0.456 e. The van der Waals surface area contributed by atoms with Gasteiger partial charge in [-0.3, -0.25) is 14.4 Å². The summed E-state index contributed by atoms with van der Waals surface area (Å²) >= 11 is 0. The lowest BCUT2D eigenvalue weighted by atomic mass is 9.81. The molecule has 14 atom stereocenters. The third-order valence-corrected chi connectivity index (χ3v) is 13.4. The van der Waals surface area contributed by atoms with Crippen LogP contribution in [0.1, 0.15) is 112 Å². The Bertz CT molecular complexity index is 1530. The predicted octanol–water partition coefficient (Wildman–Crippen LogP) is 5.03. The van der Waals surface area contributed by atoms with Gasteiger partial charge in [0.2, 0.25) is 5.79 Å². The van der Waals surface area contributed by atoms with Gasteiger partial charge >= 0.3 is 5.97 Å². The average molecular weight is 818 g/mol. The van der Waals surface area contributed by atoms with E-state index >= 15 is 0 Å². The first kappa shape index (κ1) is 47.9. The number of fused-ring (bicyclic) bond motifs is 3. The normalized spacial score (nSPS) is 41.8. The summed E-state index contributed by atoms with van der Waals surface area (Å²) in [5.41, 5.74) is -0.00575. The van der Waals surface area contributed by atoms with Gasteiger partial charge in [-0.2, -0.15) is 0 Å². The molecule has 0 aromatic heterocycles. The number of piperidine rings is 1. The van der Waals surface area contributed by atoms with E-state index in [2.05, 4.69) is 6.58 Å². The van der Waals surface area contributed by atoms with Gasteiger partial charge in [0.15, 0.2) is 0 Å². The Morgan fingerprint density at radius 3 is 2.24 bits per heavy atom. The number of rotatable bonds is 7. The van der Waals surface area contributed by atoms with Gasteiger partial charge in [0.25, 0.3) is 11.7 Å². The Hall–Kier alpha value is -2.78. The van der Waals surface area contributed by atoms with Gasteiger partial charge in [0.1, 0.15) is 23.5 Å². The smallest absolute Gasteiger partial charge is 0.332 e. The Morgan fingerprint density at radius 1 is 0.948 bits per heavy atom. The van der Waals surface area contributed by atoms with Gasteiger partial charge in [0, 0.05) is 52.0 Å². The first-order valence-corrected chi connectivity index (χ1v) is 21.3. The fourth-order valence-corrected chi connectivity index (χ4v) is 9.69. The molecule has 2 saturated heterocycles. The minimum atomic E-state index is -2.53. The summed E-state index contributed by atoms with van der Waals surface area (Å²) in [5.74, 6) is -7.86. The highest BCUT2D eigenvalue weighted by Crippen LogP contribution is 2.40. The second kappa shape index (κ2) is 20.7. The van der Waals surface area contributed by atoms with Crippen LogP contribution < -0.4 is 0 Å². The van der Waals surface area contributed by atoms with Crippen molar-refractivity contribution in [2.75, 3.05) is 27.9 Å². The zero-order chi connectivity index (χ0) is 43.1. The Balaban J connectivity index is 1.81. The molecule has 4 aliphatic rings. The quantitative estimate of drug-likeness (QED) is 0.178. The molecule has 0 aromatic rings. The van der Waals surface area contributed by atoms with Crippen molar-refractivity contribution < 1.29 is 58.2 Å². The summed E-state index contributed by atoms with van der Waals surface area (Å²) in [6.07, 6.45) is 4.76. The SMILES string of the molecule is C=CC[C@@H]1/C=C(\C)C[C@H](C)C[C@H](OC)[C@H]2O[C@@](O)(C(=O)C(=O)N3CCCC[C@@]3(C)C(=O)O[C@H](/C(C)=C/[C@@H]3CC[C@@H](O)[C@H](OC)C3)[C@H](C)[C@@H](O)CC1=O)[C@H](C)C[C@@H]2OC. The van der Waals surface area contributed by atoms with E-state index in [1.165, 1.54) is 19.1 Å². The minimum Gasteiger partial charge on any atom is -0.456 e. The van der Waals surface area contributed by atoms with E-state index < -0.39 is 83.4 Å². The fraction of sp³-hybridized carbons (Fsp3) is 0.778. The number of hydrogen-bond acceptors (Lipinski definition) is 12. The number of nitrogens with zero attached hydrogens (tertiary/aromatic N) is 1. The van der Waals surface area contributed by atoms with Crippen molar-refractivity contribution in [3.05, 3.63) is 36.0 Å². The van der Waals surface area contributed by atoms with Crippen molar-refractivity contribution in [1.82, 2.24) is 4.90 Å². The van der Waals surface area contributed by atoms with Crippen LogP contribution in [0.25, 0.3) is 0 Å². The number of esters is 1. The molecule has 2 bridgehead atoms. The molecular formula is C45H71NO12. The number of aliphatic hydroxyl groups is 3.